The first-order chi connectivity index (χ1) is 9.47. The lowest BCUT2D eigenvalue weighted by Crippen LogP contribution is -3.18. The van der Waals surface area contributed by atoms with Crippen molar-refractivity contribution in [3.63, 3.8) is 0 Å². The average Bonchev–Trinajstić information content (AvgIpc) is 2.39. The highest BCUT2D eigenvalue weighted by Gasteiger charge is 2.32. The monoisotopic (exact) mass is 296 g/mol. The molecule has 4 nitrogen and oxygen atoms in total. The second-order valence-corrected chi connectivity index (χ2v) is 6.42. The molecule has 1 aromatic rings. The molecule has 1 aliphatic rings. The number of amides is 1. The first-order valence-corrected chi connectivity index (χ1v) is 7.61. The number of likely N-dealkylation sites (tertiary alicyclic amines) is 1. The molecule has 110 valence electrons. The number of rotatable bonds is 3. The van der Waals surface area contributed by atoms with E-state index in [1.165, 1.54) is 11.3 Å². The minimum Gasteiger partial charge on any atom is -0.324 e. The van der Waals surface area contributed by atoms with Crippen molar-refractivity contribution in [2.45, 2.75) is 33.2 Å². The highest BCUT2D eigenvalue weighted by molar-refractivity contribution is 6.32. The maximum Gasteiger partial charge on any atom is 0.282 e. The van der Waals surface area contributed by atoms with E-state index >= 15 is 0 Å². The fraction of sp³-hybridized carbons (Fsp3) is 0.600. The quantitative estimate of drug-likeness (QED) is 0.833. The van der Waals surface area contributed by atoms with E-state index in [2.05, 4.69) is 24.1 Å². The van der Waals surface area contributed by atoms with Gasteiger partial charge in [0.25, 0.3) is 5.91 Å². The third-order valence-electron chi connectivity index (χ3n) is 4.05. The van der Waals surface area contributed by atoms with Gasteiger partial charge in [0, 0.05) is 18.0 Å². The van der Waals surface area contributed by atoms with Gasteiger partial charge < -0.3 is 10.2 Å². The van der Waals surface area contributed by atoms with Crippen LogP contribution in [0, 0.1) is 11.8 Å². The number of hydrogen-bond donors (Lipinski definition) is 2. The normalized spacial score (nSPS) is 27.9. The number of pyridine rings is 1. The van der Waals surface area contributed by atoms with Gasteiger partial charge in [0.15, 0.2) is 11.2 Å². The number of quaternary nitrogens is 1. The number of nitrogens with zero attached hydrogens (tertiary/aromatic N) is 1. The molecule has 0 bridgehead atoms. The molecule has 2 N–H and O–H groups in total. The molecule has 3 atom stereocenters. The number of piperidine rings is 1. The number of hydrogen-bond acceptors (Lipinski definition) is 2. The topological polar surface area (TPSA) is 46.4 Å². The lowest BCUT2D eigenvalue weighted by molar-refractivity contribution is -0.925. The summed E-state index contributed by atoms with van der Waals surface area (Å²) >= 11 is 5.97. The van der Waals surface area contributed by atoms with E-state index < -0.39 is 0 Å². The van der Waals surface area contributed by atoms with Crippen LogP contribution in [-0.4, -0.2) is 30.0 Å². The fourth-order valence-electron chi connectivity index (χ4n) is 3.09. The second kappa shape index (κ2) is 6.55. The minimum absolute atomic E-state index is 0.0104. The molecule has 1 saturated heterocycles. The maximum absolute atomic E-state index is 12.4. The summed E-state index contributed by atoms with van der Waals surface area (Å²) in [5, 5.41) is 3.22. The summed E-state index contributed by atoms with van der Waals surface area (Å²) in [6.45, 7) is 8.62. The zero-order valence-electron chi connectivity index (χ0n) is 12.3. The van der Waals surface area contributed by atoms with Crippen LogP contribution >= 0.6 is 11.6 Å². The minimum atomic E-state index is -0.0727. The van der Waals surface area contributed by atoms with Gasteiger partial charge in [-0.25, -0.2) is 4.98 Å². The van der Waals surface area contributed by atoms with Crippen molar-refractivity contribution >= 4 is 23.2 Å². The number of anilines is 1. The van der Waals surface area contributed by atoms with Crippen molar-refractivity contribution < 1.29 is 9.69 Å². The molecule has 1 amide bonds. The van der Waals surface area contributed by atoms with Crippen LogP contribution in [0.5, 0.6) is 0 Å². The third kappa shape index (κ3) is 3.70. The van der Waals surface area contributed by atoms with Crippen molar-refractivity contribution in [3.05, 3.63) is 23.5 Å². The van der Waals surface area contributed by atoms with Crippen LogP contribution in [0.3, 0.4) is 0 Å². The van der Waals surface area contributed by atoms with Crippen LogP contribution in [0.25, 0.3) is 0 Å². The number of aromatic nitrogens is 1. The molecule has 0 aromatic carbocycles. The molecule has 2 rings (SSSR count). The van der Waals surface area contributed by atoms with E-state index in [9.17, 15) is 4.79 Å². The van der Waals surface area contributed by atoms with Gasteiger partial charge in [-0.1, -0.05) is 25.4 Å². The zero-order chi connectivity index (χ0) is 14.7. The van der Waals surface area contributed by atoms with Gasteiger partial charge in [0.1, 0.15) is 0 Å². The van der Waals surface area contributed by atoms with Crippen molar-refractivity contribution in [3.8, 4) is 0 Å². The highest BCUT2D eigenvalue weighted by Crippen LogP contribution is 2.17. The molecule has 0 unspecified atom stereocenters. The Kier molecular flexibility index (Phi) is 5.00. The lowest BCUT2D eigenvalue weighted by atomic mass is 9.91. The summed E-state index contributed by atoms with van der Waals surface area (Å²) in [5.74, 6) is 1.35. The Bertz CT molecular complexity index is 470. The summed E-state index contributed by atoms with van der Waals surface area (Å²) in [4.78, 5) is 17.7. The van der Waals surface area contributed by atoms with E-state index in [0.29, 0.717) is 22.7 Å². The van der Waals surface area contributed by atoms with Gasteiger partial charge in [-0.15, -0.1) is 0 Å². The molecule has 2 heterocycles. The third-order valence-corrected chi connectivity index (χ3v) is 4.35. The standard InChI is InChI=1S/C15H22ClN3O/c1-10-7-11(2)9-19(8-10)12(3)15(20)18-13-5-4-6-17-14(13)16/h4-6,10-12H,7-9H2,1-3H3,(H,18,20)/p+1/t10-,11-,12-/m0/s1. The van der Waals surface area contributed by atoms with Crippen molar-refractivity contribution in [1.29, 1.82) is 0 Å². The van der Waals surface area contributed by atoms with Crippen LogP contribution < -0.4 is 10.2 Å². The molecule has 0 saturated carbocycles. The Labute approximate surface area is 125 Å². The summed E-state index contributed by atoms with van der Waals surface area (Å²) < 4.78 is 0. The molecular formula is C15H23ClN3O+. The fourth-order valence-corrected chi connectivity index (χ4v) is 3.26. The van der Waals surface area contributed by atoms with E-state index in [-0.39, 0.29) is 11.9 Å². The summed E-state index contributed by atoms with van der Waals surface area (Å²) in [7, 11) is 0. The predicted octanol–water partition coefficient (Wildman–Crippen LogP) is 1.62. The number of halogens is 1. The molecule has 0 aliphatic carbocycles. The summed E-state index contributed by atoms with van der Waals surface area (Å²) in [5.41, 5.74) is 0.587. The first kappa shape index (κ1) is 15.3. The Morgan fingerprint density at radius 1 is 1.45 bits per heavy atom. The van der Waals surface area contributed by atoms with Crippen molar-refractivity contribution in [2.24, 2.45) is 11.8 Å². The van der Waals surface area contributed by atoms with Crippen LogP contribution in [0.4, 0.5) is 5.69 Å². The maximum atomic E-state index is 12.4. The zero-order valence-corrected chi connectivity index (χ0v) is 13.1. The van der Waals surface area contributed by atoms with Crippen molar-refractivity contribution in [2.75, 3.05) is 18.4 Å². The van der Waals surface area contributed by atoms with Crippen LogP contribution in [0.15, 0.2) is 18.3 Å². The van der Waals surface area contributed by atoms with Gasteiger partial charge in [-0.2, -0.15) is 0 Å². The van der Waals surface area contributed by atoms with E-state index in [4.69, 9.17) is 11.6 Å². The Morgan fingerprint density at radius 2 is 2.10 bits per heavy atom. The predicted molar refractivity (Wildman–Crippen MR) is 81.0 cm³/mol. The molecule has 0 radical (unpaired) electrons. The first-order valence-electron chi connectivity index (χ1n) is 7.23. The lowest BCUT2D eigenvalue weighted by Gasteiger charge is -2.35. The largest absolute Gasteiger partial charge is 0.324 e. The Morgan fingerprint density at radius 3 is 2.70 bits per heavy atom. The van der Waals surface area contributed by atoms with E-state index in [0.717, 1.165) is 13.1 Å². The smallest absolute Gasteiger partial charge is 0.282 e. The van der Waals surface area contributed by atoms with E-state index in [1.807, 2.05) is 6.92 Å². The van der Waals surface area contributed by atoms with E-state index in [1.54, 1.807) is 18.3 Å². The highest BCUT2D eigenvalue weighted by atomic mass is 35.5. The average molecular weight is 297 g/mol. The van der Waals surface area contributed by atoms with Gasteiger partial charge in [0.2, 0.25) is 0 Å². The van der Waals surface area contributed by atoms with Gasteiger partial charge in [-0.3, -0.25) is 4.79 Å². The number of carbonyl (C=O) groups excluding carboxylic acids is 1. The molecule has 1 aliphatic heterocycles. The van der Waals surface area contributed by atoms with Gasteiger partial charge in [-0.05, 0) is 25.5 Å². The van der Waals surface area contributed by atoms with Crippen LogP contribution in [0.2, 0.25) is 5.15 Å². The SMILES string of the molecule is C[C@H]1C[C@H](C)C[NH+]([C@@H](C)C(=O)Nc2cccnc2Cl)C1. The number of carbonyl (C=O) groups is 1. The molecular weight excluding hydrogens is 274 g/mol. The summed E-state index contributed by atoms with van der Waals surface area (Å²) in [6.07, 6.45) is 2.87. The van der Waals surface area contributed by atoms with Gasteiger partial charge >= 0.3 is 0 Å². The number of nitrogens with one attached hydrogen (secondary N) is 2. The molecule has 1 aromatic heterocycles. The second-order valence-electron chi connectivity index (χ2n) is 6.07. The molecule has 0 spiro atoms. The summed E-state index contributed by atoms with van der Waals surface area (Å²) in [6, 6.07) is 3.47. The van der Waals surface area contributed by atoms with Crippen molar-refractivity contribution in [1.82, 2.24) is 4.98 Å². The van der Waals surface area contributed by atoms with Gasteiger partial charge in [0.05, 0.1) is 18.8 Å². The Hall–Kier alpha value is -1.13. The van der Waals surface area contributed by atoms with Crippen LogP contribution in [0.1, 0.15) is 27.2 Å². The Balaban J connectivity index is 2.00. The molecule has 5 heteroatoms. The molecule has 1 fully saturated rings. The molecule has 20 heavy (non-hydrogen) atoms. The van der Waals surface area contributed by atoms with Crippen LogP contribution in [-0.2, 0) is 4.79 Å².